The Morgan fingerprint density at radius 1 is 1.33 bits per heavy atom. The molecule has 2 rings (SSSR count). The minimum Gasteiger partial charge on any atom is -0.481 e. The third-order valence-corrected chi connectivity index (χ3v) is 4.23. The molecule has 2 atom stereocenters. The number of carbonyl (C=O) groups is 2. The van der Waals surface area contributed by atoms with Crippen molar-refractivity contribution in [1.82, 2.24) is 0 Å². The van der Waals surface area contributed by atoms with E-state index in [0.29, 0.717) is 29.4 Å². The fourth-order valence-corrected chi connectivity index (χ4v) is 2.86. The van der Waals surface area contributed by atoms with Gasteiger partial charge in [0.1, 0.15) is 0 Å². The summed E-state index contributed by atoms with van der Waals surface area (Å²) in [6.07, 6.45) is 1.36. The number of nitrogens with one attached hydrogen (secondary N) is 1. The number of rotatable bonds is 4. The highest BCUT2D eigenvalue weighted by Gasteiger charge is 2.34. The molecule has 21 heavy (non-hydrogen) atoms. The second kappa shape index (κ2) is 6.21. The van der Waals surface area contributed by atoms with Gasteiger partial charge in [-0.05, 0) is 41.3 Å². The fraction of sp³-hybridized carbons (Fsp3) is 0.385. The van der Waals surface area contributed by atoms with Crippen LogP contribution in [0.25, 0.3) is 0 Å². The molecule has 1 aromatic rings. The monoisotopic (exact) mass is 356 g/mol. The molecule has 0 spiro atoms. The Morgan fingerprint density at radius 3 is 2.52 bits per heavy atom. The van der Waals surface area contributed by atoms with Gasteiger partial charge in [-0.2, -0.15) is 0 Å². The summed E-state index contributed by atoms with van der Waals surface area (Å²) in [6, 6.07) is 4.06. The van der Waals surface area contributed by atoms with Gasteiger partial charge in [-0.3, -0.25) is 19.7 Å². The first kappa shape index (κ1) is 15.4. The van der Waals surface area contributed by atoms with E-state index in [1.165, 1.54) is 18.2 Å². The third-order valence-electron chi connectivity index (χ3n) is 3.57. The lowest BCUT2D eigenvalue weighted by molar-refractivity contribution is -0.384. The smallest absolute Gasteiger partial charge is 0.306 e. The minimum atomic E-state index is -0.873. The Bertz CT molecular complexity index is 604. The summed E-state index contributed by atoms with van der Waals surface area (Å²) >= 11 is 3.17. The molecule has 7 nitrogen and oxygen atoms in total. The summed E-state index contributed by atoms with van der Waals surface area (Å²) < 4.78 is 0.415. The van der Waals surface area contributed by atoms with Crippen molar-refractivity contribution in [3.63, 3.8) is 0 Å². The summed E-state index contributed by atoms with van der Waals surface area (Å²) in [6.45, 7) is 0. The molecular formula is C13H13BrN2O5. The summed E-state index contributed by atoms with van der Waals surface area (Å²) in [5.74, 6) is -1.94. The zero-order chi connectivity index (χ0) is 15.6. The predicted molar refractivity (Wildman–Crippen MR) is 77.9 cm³/mol. The number of hydrogen-bond acceptors (Lipinski definition) is 4. The van der Waals surface area contributed by atoms with Crippen LogP contribution in [0.5, 0.6) is 0 Å². The van der Waals surface area contributed by atoms with Crippen LogP contribution in [0, 0.1) is 22.0 Å². The van der Waals surface area contributed by atoms with Crippen LogP contribution in [0.1, 0.15) is 19.3 Å². The maximum Gasteiger partial charge on any atom is 0.306 e. The maximum absolute atomic E-state index is 12.1. The molecule has 0 aliphatic heterocycles. The Morgan fingerprint density at radius 2 is 2.00 bits per heavy atom. The van der Waals surface area contributed by atoms with Crippen LogP contribution in [-0.4, -0.2) is 21.9 Å². The van der Waals surface area contributed by atoms with Gasteiger partial charge in [-0.1, -0.05) is 0 Å². The maximum atomic E-state index is 12.1. The van der Waals surface area contributed by atoms with Gasteiger partial charge < -0.3 is 10.4 Å². The van der Waals surface area contributed by atoms with Crippen LogP contribution in [0.2, 0.25) is 0 Å². The summed E-state index contributed by atoms with van der Waals surface area (Å²) in [5.41, 5.74) is 0.357. The van der Waals surface area contributed by atoms with Crippen LogP contribution in [-0.2, 0) is 9.59 Å². The van der Waals surface area contributed by atoms with Gasteiger partial charge in [0.2, 0.25) is 5.91 Å². The molecule has 1 saturated carbocycles. The number of carboxylic acids is 1. The molecule has 0 unspecified atom stereocenters. The Balaban J connectivity index is 2.03. The zero-order valence-electron chi connectivity index (χ0n) is 10.9. The number of nitrogens with zero attached hydrogens (tertiary/aromatic N) is 1. The van der Waals surface area contributed by atoms with Gasteiger partial charge >= 0.3 is 5.97 Å². The van der Waals surface area contributed by atoms with E-state index in [1.807, 2.05) is 0 Å². The first-order valence-electron chi connectivity index (χ1n) is 6.36. The summed E-state index contributed by atoms with van der Waals surface area (Å²) in [4.78, 5) is 33.1. The topological polar surface area (TPSA) is 110 Å². The van der Waals surface area contributed by atoms with Crippen molar-refractivity contribution in [3.05, 3.63) is 32.8 Å². The van der Waals surface area contributed by atoms with E-state index in [2.05, 4.69) is 21.2 Å². The molecule has 112 valence electrons. The molecule has 1 amide bonds. The van der Waals surface area contributed by atoms with Gasteiger partial charge in [0.05, 0.1) is 16.5 Å². The van der Waals surface area contributed by atoms with Crippen LogP contribution in [0.3, 0.4) is 0 Å². The van der Waals surface area contributed by atoms with E-state index >= 15 is 0 Å². The molecule has 0 heterocycles. The van der Waals surface area contributed by atoms with Crippen LogP contribution in [0.4, 0.5) is 11.4 Å². The van der Waals surface area contributed by atoms with Crippen molar-refractivity contribution in [2.75, 3.05) is 5.32 Å². The molecule has 0 bridgehead atoms. The molecule has 1 aliphatic carbocycles. The van der Waals surface area contributed by atoms with Crippen molar-refractivity contribution in [1.29, 1.82) is 0 Å². The van der Waals surface area contributed by atoms with E-state index in [0.717, 1.165) is 0 Å². The highest BCUT2D eigenvalue weighted by molar-refractivity contribution is 9.10. The average molecular weight is 357 g/mol. The van der Waals surface area contributed by atoms with E-state index < -0.39 is 16.8 Å². The summed E-state index contributed by atoms with van der Waals surface area (Å²) in [7, 11) is 0. The average Bonchev–Trinajstić information content (AvgIpc) is 2.90. The highest BCUT2D eigenvalue weighted by Crippen LogP contribution is 2.33. The predicted octanol–water partition coefficient (Wildman–Crippen LogP) is 2.80. The number of amides is 1. The molecule has 1 aromatic carbocycles. The Kier molecular flexibility index (Phi) is 4.56. The first-order chi connectivity index (χ1) is 9.88. The van der Waals surface area contributed by atoms with Crippen molar-refractivity contribution in [2.24, 2.45) is 11.8 Å². The number of non-ortho nitro benzene ring substituents is 1. The number of carboxylic acid groups (broad SMARTS) is 1. The molecule has 2 N–H and O–H groups in total. The van der Waals surface area contributed by atoms with Crippen molar-refractivity contribution >= 4 is 39.2 Å². The lowest BCUT2D eigenvalue weighted by Gasteiger charge is -2.12. The zero-order valence-corrected chi connectivity index (χ0v) is 12.5. The molecule has 0 saturated heterocycles. The normalized spacial score (nSPS) is 21.0. The number of benzene rings is 1. The van der Waals surface area contributed by atoms with Gasteiger partial charge in [-0.15, -0.1) is 0 Å². The standard InChI is InChI=1S/C13H13BrN2O5/c14-10-6-9(16(20)21)3-4-11(10)15-12(17)7-1-2-8(5-7)13(18)19/h3-4,6-8H,1-2,5H2,(H,15,17)(H,18,19)/t7-,8+/m1/s1. The van der Waals surface area contributed by atoms with E-state index in [4.69, 9.17) is 5.11 Å². The van der Waals surface area contributed by atoms with Crippen molar-refractivity contribution in [2.45, 2.75) is 19.3 Å². The SMILES string of the molecule is O=C(O)[C@H]1CC[C@@H](C(=O)Nc2ccc([N+](=O)[O-])cc2Br)C1. The largest absolute Gasteiger partial charge is 0.481 e. The molecule has 0 aromatic heterocycles. The first-order valence-corrected chi connectivity index (χ1v) is 7.15. The molecule has 8 heteroatoms. The third kappa shape index (κ3) is 3.57. The Labute approximate surface area is 128 Å². The van der Waals surface area contributed by atoms with Crippen molar-refractivity contribution in [3.8, 4) is 0 Å². The number of nitro benzene ring substituents is 1. The molecule has 0 radical (unpaired) electrons. The van der Waals surface area contributed by atoms with Gasteiger partial charge in [-0.25, -0.2) is 0 Å². The van der Waals surface area contributed by atoms with Gasteiger partial charge in [0.25, 0.3) is 5.69 Å². The van der Waals surface area contributed by atoms with Gasteiger partial charge in [0, 0.05) is 22.5 Å². The second-order valence-electron chi connectivity index (χ2n) is 4.96. The second-order valence-corrected chi connectivity index (χ2v) is 5.81. The van der Waals surface area contributed by atoms with Gasteiger partial charge in [0.15, 0.2) is 0 Å². The molecule has 1 fully saturated rings. The van der Waals surface area contributed by atoms with Crippen molar-refractivity contribution < 1.29 is 19.6 Å². The number of nitro groups is 1. The fourth-order valence-electron chi connectivity index (χ4n) is 2.40. The van der Waals surface area contributed by atoms with E-state index in [9.17, 15) is 19.7 Å². The minimum absolute atomic E-state index is 0.0771. The quantitative estimate of drug-likeness (QED) is 0.636. The summed E-state index contributed by atoms with van der Waals surface area (Å²) in [5, 5.41) is 22.2. The number of anilines is 1. The number of aliphatic carboxylic acids is 1. The molecule has 1 aliphatic rings. The number of carbonyl (C=O) groups excluding carboxylic acids is 1. The number of hydrogen-bond donors (Lipinski definition) is 2. The van der Waals surface area contributed by atoms with Crippen LogP contribution in [0.15, 0.2) is 22.7 Å². The Hall–Kier alpha value is -1.96. The lowest BCUT2D eigenvalue weighted by Crippen LogP contribution is -2.21. The molecular weight excluding hydrogens is 344 g/mol. The number of halogens is 1. The van der Waals surface area contributed by atoms with Crippen LogP contribution >= 0.6 is 15.9 Å². The van der Waals surface area contributed by atoms with E-state index in [1.54, 1.807) is 0 Å². The highest BCUT2D eigenvalue weighted by atomic mass is 79.9. The van der Waals surface area contributed by atoms with Crippen LogP contribution < -0.4 is 5.32 Å². The van der Waals surface area contributed by atoms with E-state index in [-0.39, 0.29) is 17.5 Å². The lowest BCUT2D eigenvalue weighted by atomic mass is 10.0.